The highest BCUT2D eigenvalue weighted by Gasteiger charge is 2.31. The second-order valence-corrected chi connectivity index (χ2v) is 6.38. The molecule has 0 aliphatic heterocycles. The molecule has 0 heterocycles. The molecule has 1 amide bonds. The number of amides is 1. The smallest absolute Gasteiger partial charge is 0.410 e. The third-order valence-electron chi connectivity index (χ3n) is 3.37. The van der Waals surface area contributed by atoms with E-state index in [9.17, 15) is 14.7 Å². The minimum absolute atomic E-state index is 0.0581. The Balaban J connectivity index is 2.16. The molecule has 0 radical (unpaired) electrons. The molecule has 0 saturated heterocycles. The first-order valence-corrected chi connectivity index (χ1v) is 8.18. The quantitative estimate of drug-likeness (QED) is 0.785. The van der Waals surface area contributed by atoms with E-state index in [1.54, 1.807) is 18.2 Å². The van der Waals surface area contributed by atoms with Crippen LogP contribution in [0.15, 0.2) is 53.0 Å². The third-order valence-corrected chi connectivity index (χ3v) is 4.20. The molecule has 7 heteroatoms. The van der Waals surface area contributed by atoms with Gasteiger partial charge in [0.1, 0.15) is 6.61 Å². The van der Waals surface area contributed by atoms with Gasteiger partial charge in [-0.2, -0.15) is 0 Å². The van der Waals surface area contributed by atoms with Gasteiger partial charge in [-0.25, -0.2) is 9.59 Å². The van der Waals surface area contributed by atoms with Crippen molar-refractivity contribution in [3.63, 3.8) is 0 Å². The van der Waals surface area contributed by atoms with E-state index in [1.165, 1.54) is 7.05 Å². The van der Waals surface area contributed by atoms with Crippen LogP contribution >= 0.6 is 27.5 Å². The van der Waals surface area contributed by atoms with Crippen LogP contribution in [0.5, 0.6) is 0 Å². The SMILES string of the molecule is CN(C(=O)OCc1ccccc1)C(C(=O)O)c1cc(Br)ccc1Cl. The second-order valence-electron chi connectivity index (χ2n) is 5.06. The van der Waals surface area contributed by atoms with Gasteiger partial charge in [0.15, 0.2) is 6.04 Å². The van der Waals surface area contributed by atoms with Crippen LogP contribution in [0, 0.1) is 0 Å². The Bertz CT molecular complexity index is 739. The Morgan fingerprint density at radius 3 is 2.54 bits per heavy atom. The highest BCUT2D eigenvalue weighted by Crippen LogP contribution is 2.30. The minimum atomic E-state index is -1.25. The van der Waals surface area contributed by atoms with Crippen LogP contribution in [0.1, 0.15) is 17.2 Å². The first-order chi connectivity index (χ1) is 11.4. The molecule has 2 rings (SSSR count). The lowest BCUT2D eigenvalue weighted by Gasteiger charge is -2.25. The van der Waals surface area contributed by atoms with E-state index < -0.39 is 18.1 Å². The van der Waals surface area contributed by atoms with Gasteiger partial charge in [-0.05, 0) is 23.8 Å². The van der Waals surface area contributed by atoms with Gasteiger partial charge < -0.3 is 9.84 Å². The van der Waals surface area contributed by atoms with Crippen LogP contribution in [-0.2, 0) is 16.1 Å². The van der Waals surface area contributed by atoms with Gasteiger partial charge in [0.2, 0.25) is 0 Å². The zero-order valence-corrected chi connectivity index (χ0v) is 15.1. The van der Waals surface area contributed by atoms with Crippen LogP contribution in [0.4, 0.5) is 4.79 Å². The molecule has 24 heavy (non-hydrogen) atoms. The van der Waals surface area contributed by atoms with Crippen LogP contribution < -0.4 is 0 Å². The Hall–Kier alpha value is -2.05. The first-order valence-electron chi connectivity index (χ1n) is 7.01. The summed E-state index contributed by atoms with van der Waals surface area (Å²) in [7, 11) is 1.36. The maximum absolute atomic E-state index is 12.2. The van der Waals surface area contributed by atoms with Gasteiger partial charge >= 0.3 is 12.1 Å². The van der Waals surface area contributed by atoms with Crippen molar-refractivity contribution in [1.82, 2.24) is 4.90 Å². The molecule has 1 N–H and O–H groups in total. The van der Waals surface area contributed by atoms with E-state index in [0.717, 1.165) is 10.5 Å². The zero-order chi connectivity index (χ0) is 17.7. The predicted octanol–water partition coefficient (Wildman–Crippen LogP) is 4.50. The number of likely N-dealkylation sites (N-methyl/N-ethyl adjacent to an activating group) is 1. The fourth-order valence-corrected chi connectivity index (χ4v) is 2.76. The average molecular weight is 413 g/mol. The molecule has 0 fully saturated rings. The van der Waals surface area contributed by atoms with E-state index in [4.69, 9.17) is 16.3 Å². The number of carbonyl (C=O) groups is 2. The highest BCUT2D eigenvalue weighted by molar-refractivity contribution is 9.10. The monoisotopic (exact) mass is 411 g/mol. The van der Waals surface area contributed by atoms with Crippen LogP contribution in [-0.4, -0.2) is 29.1 Å². The Labute approximate surface area is 152 Å². The zero-order valence-electron chi connectivity index (χ0n) is 12.8. The molecule has 0 saturated carbocycles. The van der Waals surface area contributed by atoms with Crippen molar-refractivity contribution in [3.8, 4) is 0 Å². The fraction of sp³-hybridized carbons (Fsp3) is 0.176. The van der Waals surface area contributed by atoms with Gasteiger partial charge in [-0.3, -0.25) is 4.90 Å². The van der Waals surface area contributed by atoms with Crippen molar-refractivity contribution < 1.29 is 19.4 Å². The Kier molecular flexibility index (Phi) is 6.23. The van der Waals surface area contributed by atoms with Crippen molar-refractivity contribution in [3.05, 3.63) is 69.2 Å². The van der Waals surface area contributed by atoms with E-state index in [2.05, 4.69) is 15.9 Å². The van der Waals surface area contributed by atoms with E-state index >= 15 is 0 Å². The Morgan fingerprint density at radius 1 is 1.25 bits per heavy atom. The van der Waals surface area contributed by atoms with Gasteiger partial charge in [0.25, 0.3) is 0 Å². The van der Waals surface area contributed by atoms with E-state index in [1.807, 2.05) is 30.3 Å². The first kappa shape index (κ1) is 18.3. The van der Waals surface area contributed by atoms with Crippen molar-refractivity contribution in [2.24, 2.45) is 0 Å². The van der Waals surface area contributed by atoms with Crippen molar-refractivity contribution in [2.45, 2.75) is 12.6 Å². The average Bonchev–Trinajstić information content (AvgIpc) is 2.56. The van der Waals surface area contributed by atoms with E-state index in [0.29, 0.717) is 10.0 Å². The highest BCUT2D eigenvalue weighted by atomic mass is 79.9. The van der Waals surface area contributed by atoms with Crippen LogP contribution in [0.3, 0.4) is 0 Å². The van der Waals surface area contributed by atoms with E-state index in [-0.39, 0.29) is 11.6 Å². The second kappa shape index (κ2) is 8.17. The summed E-state index contributed by atoms with van der Waals surface area (Å²) in [5, 5.41) is 9.78. The lowest BCUT2D eigenvalue weighted by molar-refractivity contribution is -0.142. The molecule has 5 nitrogen and oxygen atoms in total. The molecule has 1 unspecified atom stereocenters. The Morgan fingerprint density at radius 2 is 1.92 bits per heavy atom. The van der Waals surface area contributed by atoms with Crippen LogP contribution in [0.25, 0.3) is 0 Å². The maximum Gasteiger partial charge on any atom is 0.410 e. The van der Waals surface area contributed by atoms with Crippen molar-refractivity contribution in [1.29, 1.82) is 0 Å². The lowest BCUT2D eigenvalue weighted by Crippen LogP contribution is -2.36. The molecule has 0 aliphatic rings. The predicted molar refractivity (Wildman–Crippen MR) is 93.9 cm³/mol. The molecule has 2 aromatic carbocycles. The largest absolute Gasteiger partial charge is 0.479 e. The summed E-state index contributed by atoms with van der Waals surface area (Å²) < 4.78 is 5.85. The summed E-state index contributed by atoms with van der Waals surface area (Å²) in [5.41, 5.74) is 1.12. The van der Waals surface area contributed by atoms with Gasteiger partial charge in [0, 0.05) is 22.1 Å². The van der Waals surface area contributed by atoms with Gasteiger partial charge in [-0.1, -0.05) is 57.9 Å². The maximum atomic E-state index is 12.2. The molecule has 0 bridgehead atoms. The summed E-state index contributed by atoms with van der Waals surface area (Å²) in [6.45, 7) is 0.0581. The molecule has 0 aromatic heterocycles. The molecule has 1 atom stereocenters. The minimum Gasteiger partial charge on any atom is -0.479 e. The fourth-order valence-electron chi connectivity index (χ4n) is 2.16. The number of hydrogen-bond acceptors (Lipinski definition) is 3. The number of carbonyl (C=O) groups excluding carboxylic acids is 1. The molecule has 2 aromatic rings. The number of rotatable bonds is 5. The molecule has 126 valence electrons. The van der Waals surface area contributed by atoms with Crippen molar-refractivity contribution in [2.75, 3.05) is 7.05 Å². The lowest BCUT2D eigenvalue weighted by atomic mass is 10.1. The number of carboxylic acids is 1. The number of aliphatic carboxylic acids is 1. The van der Waals surface area contributed by atoms with Gasteiger partial charge in [0.05, 0.1) is 0 Å². The molecular formula is C17H15BrClNO4. The van der Waals surface area contributed by atoms with Crippen LogP contribution in [0.2, 0.25) is 5.02 Å². The number of hydrogen-bond donors (Lipinski definition) is 1. The normalized spacial score (nSPS) is 11.6. The number of carboxylic acid groups (broad SMARTS) is 1. The number of benzene rings is 2. The summed E-state index contributed by atoms with van der Waals surface area (Å²) in [6, 6.07) is 12.7. The summed E-state index contributed by atoms with van der Waals surface area (Å²) in [4.78, 5) is 24.9. The summed E-state index contributed by atoms with van der Waals surface area (Å²) >= 11 is 9.37. The number of nitrogens with zero attached hydrogens (tertiary/aromatic N) is 1. The number of halogens is 2. The van der Waals surface area contributed by atoms with Crippen molar-refractivity contribution >= 4 is 39.6 Å². The summed E-state index contributed by atoms with van der Waals surface area (Å²) in [6.07, 6.45) is -0.748. The standard InChI is InChI=1S/C17H15BrClNO4/c1-20(17(23)24-10-11-5-3-2-4-6-11)15(16(21)22)13-9-12(18)7-8-14(13)19/h2-9,15H,10H2,1H3,(H,21,22). The molecule has 0 spiro atoms. The topological polar surface area (TPSA) is 66.8 Å². The third kappa shape index (κ3) is 4.49. The molecular weight excluding hydrogens is 398 g/mol. The summed E-state index contributed by atoms with van der Waals surface area (Å²) in [5.74, 6) is -1.20. The number of ether oxygens (including phenoxy) is 1. The van der Waals surface area contributed by atoms with Gasteiger partial charge in [-0.15, -0.1) is 0 Å². The molecule has 0 aliphatic carbocycles.